The molecule has 1 heterocycles. The summed E-state index contributed by atoms with van der Waals surface area (Å²) >= 11 is 0.219. The molecule has 182 valence electrons. The second-order valence-corrected chi connectivity index (χ2v) is 10.8. The molecule has 1 aliphatic carbocycles. The molecule has 3 rings (SSSR count). The first-order valence-corrected chi connectivity index (χ1v) is 14.1. The van der Waals surface area contributed by atoms with Gasteiger partial charge in [0.05, 0.1) is 0 Å². The molecule has 33 heavy (non-hydrogen) atoms. The van der Waals surface area contributed by atoms with Crippen LogP contribution < -0.4 is 43.5 Å². The van der Waals surface area contributed by atoms with E-state index in [1.54, 1.807) is 7.11 Å². The summed E-state index contributed by atoms with van der Waals surface area (Å²) in [5.74, 6) is 0.908. The summed E-state index contributed by atoms with van der Waals surface area (Å²) in [5, 5.41) is 1.34. The maximum atomic E-state index is 5.83. The quantitative estimate of drug-likeness (QED) is 0.134. The van der Waals surface area contributed by atoms with E-state index in [-0.39, 0.29) is 38.5 Å². The van der Waals surface area contributed by atoms with Gasteiger partial charge in [-0.15, -0.1) is 0 Å². The van der Waals surface area contributed by atoms with Crippen molar-refractivity contribution < 1.29 is 28.7 Å². The van der Waals surface area contributed by atoms with Gasteiger partial charge in [-0.05, 0) is 0 Å². The zero-order valence-electron chi connectivity index (χ0n) is 21.0. The average molecular weight is 629 g/mol. The molecule has 0 spiro atoms. The summed E-state index contributed by atoms with van der Waals surface area (Å²) in [5.41, 5.74) is 3.42. The van der Waals surface area contributed by atoms with E-state index < -0.39 is 0 Å². The fourth-order valence-corrected chi connectivity index (χ4v) is 6.40. The zero-order valence-corrected chi connectivity index (χ0v) is 24.9. The van der Waals surface area contributed by atoms with E-state index in [1.165, 1.54) is 58.3 Å². The van der Waals surface area contributed by atoms with Crippen LogP contribution in [0.1, 0.15) is 66.2 Å². The summed E-state index contributed by atoms with van der Waals surface area (Å²) in [6.45, 7) is 13.5. The molecular formula is C27H40IN3OSe. The molecule has 2 aliphatic rings. The van der Waals surface area contributed by atoms with Crippen molar-refractivity contribution in [2.24, 2.45) is 0 Å². The van der Waals surface area contributed by atoms with Crippen LogP contribution in [-0.4, -0.2) is 52.8 Å². The van der Waals surface area contributed by atoms with Gasteiger partial charge in [0.15, 0.2) is 0 Å². The standard InChI is InChI=1S/C27H40N3OSe.HI/c1-6-10-16-30(17-11-7-2)22-18-24(31-5)27-26(20-22)32-25-19-21(12-13-23(25)28-27)29(14-8-3)15-9-4;/h12-13,18-20H,6-11,14-17H2,1-5H3;1H/q+1;/p-1. The predicted molar refractivity (Wildman–Crippen MR) is 139 cm³/mol. The Morgan fingerprint density at radius 2 is 1.58 bits per heavy atom. The van der Waals surface area contributed by atoms with Crippen molar-refractivity contribution in [1.29, 1.82) is 0 Å². The minimum absolute atomic E-state index is 0. The summed E-state index contributed by atoms with van der Waals surface area (Å²) in [6, 6.07) is 11.4. The number of hydrogen-bond acceptors (Lipinski definition) is 3. The number of halogens is 1. The molecule has 4 nitrogen and oxygen atoms in total. The summed E-state index contributed by atoms with van der Waals surface area (Å²) < 4.78 is 11.1. The molecule has 0 radical (unpaired) electrons. The van der Waals surface area contributed by atoms with Gasteiger partial charge in [-0.25, -0.2) is 0 Å². The van der Waals surface area contributed by atoms with Crippen LogP contribution in [0.5, 0.6) is 5.75 Å². The van der Waals surface area contributed by atoms with E-state index in [4.69, 9.17) is 9.72 Å². The maximum Gasteiger partial charge on any atom is -1.00 e. The third-order valence-electron chi connectivity index (χ3n) is 5.92. The Hall–Kier alpha value is -1.11. The molecule has 0 atom stereocenters. The van der Waals surface area contributed by atoms with Gasteiger partial charge in [0.25, 0.3) is 0 Å². The number of hydrogen-bond donors (Lipinski definition) is 0. The van der Waals surface area contributed by atoms with Crippen molar-refractivity contribution in [3.05, 3.63) is 35.7 Å². The van der Waals surface area contributed by atoms with E-state index in [1.807, 2.05) is 0 Å². The fraction of sp³-hybridized carbons (Fsp3) is 0.556. The van der Waals surface area contributed by atoms with Crippen LogP contribution in [0.15, 0.2) is 30.3 Å². The molecule has 0 bridgehead atoms. The Kier molecular flexibility index (Phi) is 12.2. The van der Waals surface area contributed by atoms with Gasteiger partial charge in [-0.3, -0.25) is 0 Å². The Labute approximate surface area is 223 Å². The normalized spacial score (nSPS) is 10.9. The monoisotopic (exact) mass is 629 g/mol. The Balaban J connectivity index is 0.00000385. The minimum atomic E-state index is 0. The van der Waals surface area contributed by atoms with Crippen LogP contribution in [0.2, 0.25) is 0 Å². The Morgan fingerprint density at radius 1 is 0.909 bits per heavy atom. The molecule has 0 saturated carbocycles. The van der Waals surface area contributed by atoms with Crippen LogP contribution in [0.25, 0.3) is 19.9 Å². The Morgan fingerprint density at radius 3 is 2.15 bits per heavy atom. The van der Waals surface area contributed by atoms with Gasteiger partial charge in [0, 0.05) is 0 Å². The van der Waals surface area contributed by atoms with Crippen LogP contribution in [0.3, 0.4) is 0 Å². The zero-order chi connectivity index (χ0) is 22.9. The van der Waals surface area contributed by atoms with E-state index in [2.05, 4.69) is 67.5 Å². The molecule has 0 unspecified atom stereocenters. The van der Waals surface area contributed by atoms with Crippen LogP contribution in [0.4, 0.5) is 5.69 Å². The fourth-order valence-electron chi connectivity index (χ4n) is 4.18. The second kappa shape index (κ2) is 14.3. The summed E-state index contributed by atoms with van der Waals surface area (Å²) in [6.07, 6.45) is 7.20. The largest absolute Gasteiger partial charge is 1.00 e. The number of nitrogens with zero attached hydrogens (tertiary/aromatic N) is 3. The number of methoxy groups -OCH3 is 1. The van der Waals surface area contributed by atoms with Crippen LogP contribution in [0, 0.1) is 0 Å². The van der Waals surface area contributed by atoms with Crippen molar-refractivity contribution in [2.45, 2.75) is 66.2 Å². The molecule has 0 aromatic heterocycles. The topological polar surface area (TPSA) is 28.4 Å². The van der Waals surface area contributed by atoms with Gasteiger partial charge in [-0.2, -0.15) is 0 Å². The SMILES string of the molecule is CCCCN(CCCC)c1cc(OC)c2nc3ccc(=[N+](CCC)CCC)cc-3[se]c2c1.[I-]. The third kappa shape index (κ3) is 7.19. The molecule has 6 heteroatoms. The van der Waals surface area contributed by atoms with Crippen molar-refractivity contribution in [1.82, 2.24) is 9.56 Å². The number of ether oxygens (including phenoxy) is 1. The smallest absolute Gasteiger partial charge is 1.00 e. The van der Waals surface area contributed by atoms with Crippen LogP contribution in [-0.2, 0) is 0 Å². The molecule has 0 amide bonds. The molecule has 1 aromatic rings. The molecule has 0 saturated heterocycles. The number of rotatable bonds is 12. The third-order valence-corrected chi connectivity index (χ3v) is 8.18. The van der Waals surface area contributed by atoms with Gasteiger partial charge in [0.2, 0.25) is 0 Å². The minimum Gasteiger partial charge on any atom is -1.00 e. The summed E-state index contributed by atoms with van der Waals surface area (Å²) in [7, 11) is 1.77. The van der Waals surface area contributed by atoms with E-state index in [0.29, 0.717) is 0 Å². The van der Waals surface area contributed by atoms with Crippen LogP contribution >= 0.6 is 0 Å². The van der Waals surface area contributed by atoms with E-state index in [9.17, 15) is 0 Å². The van der Waals surface area contributed by atoms with E-state index in [0.717, 1.165) is 43.1 Å². The molecule has 1 aromatic carbocycles. The second-order valence-electron chi connectivity index (χ2n) is 8.54. The summed E-state index contributed by atoms with van der Waals surface area (Å²) in [4.78, 5) is 7.59. The number of unbranched alkanes of at least 4 members (excludes halogenated alkanes) is 2. The van der Waals surface area contributed by atoms with Gasteiger partial charge >= 0.3 is 200 Å². The molecular weight excluding hydrogens is 588 g/mol. The predicted octanol–water partition coefficient (Wildman–Crippen LogP) is 2.41. The number of benzene rings is 2. The van der Waals surface area contributed by atoms with Crippen molar-refractivity contribution >= 4 is 30.0 Å². The first-order valence-electron chi connectivity index (χ1n) is 12.4. The average Bonchev–Trinajstić information content (AvgIpc) is 2.81. The molecule has 1 aliphatic heterocycles. The van der Waals surface area contributed by atoms with Crippen molar-refractivity contribution in [3.63, 3.8) is 0 Å². The van der Waals surface area contributed by atoms with E-state index >= 15 is 0 Å². The Bertz CT molecular complexity index is 1030. The molecule has 0 fully saturated rings. The molecule has 0 N–H and O–H groups in total. The first-order chi connectivity index (χ1) is 15.6. The number of fused-ring (bicyclic) bond motifs is 2. The number of anilines is 1. The number of aromatic nitrogens is 1. The van der Waals surface area contributed by atoms with Crippen molar-refractivity contribution in [3.8, 4) is 15.9 Å². The maximum absolute atomic E-state index is 5.83. The first kappa shape index (κ1) is 28.1. The van der Waals surface area contributed by atoms with Gasteiger partial charge in [-0.1, -0.05) is 0 Å². The van der Waals surface area contributed by atoms with Crippen molar-refractivity contribution in [2.75, 3.05) is 38.2 Å². The van der Waals surface area contributed by atoms with Gasteiger partial charge < -0.3 is 24.0 Å². The van der Waals surface area contributed by atoms with Gasteiger partial charge in [0.1, 0.15) is 0 Å².